The van der Waals surface area contributed by atoms with Crippen molar-refractivity contribution >= 4 is 38.2 Å². The van der Waals surface area contributed by atoms with Crippen LogP contribution in [-0.4, -0.2) is 50.6 Å². The number of nitrogens with zero attached hydrogens (tertiary/aromatic N) is 1. The number of rotatable bonds is 19. The van der Waals surface area contributed by atoms with Crippen LogP contribution in [0.4, 0.5) is 0 Å². The average Bonchev–Trinajstić information content (AvgIpc) is 3.32. The molecule has 0 unspecified atom stereocenters. The fraction of sp³-hybridized carbons (Fsp3) is 0.531. The zero-order chi connectivity index (χ0) is 29.0. The quantitative estimate of drug-likeness (QED) is 0.0807. The summed E-state index contributed by atoms with van der Waals surface area (Å²) in [7, 11) is -3.43. The van der Waals surface area contributed by atoms with Crippen molar-refractivity contribution < 1.29 is 22.4 Å². The molecule has 0 spiro atoms. The van der Waals surface area contributed by atoms with Crippen LogP contribution in [0.5, 0.6) is 5.75 Å². The summed E-state index contributed by atoms with van der Waals surface area (Å²) < 4.78 is 36.3. The van der Waals surface area contributed by atoms with Gasteiger partial charge in [0.15, 0.2) is 15.6 Å². The summed E-state index contributed by atoms with van der Waals surface area (Å²) in [5.74, 6) is 1.05. The van der Waals surface area contributed by atoms with Crippen molar-refractivity contribution in [3.05, 3.63) is 64.9 Å². The Bertz CT molecular complexity index is 1310. The molecule has 40 heavy (non-hydrogen) atoms. The summed E-state index contributed by atoms with van der Waals surface area (Å²) in [5.41, 5.74) is 2.20. The van der Waals surface area contributed by atoms with Crippen LogP contribution in [0.2, 0.25) is 0 Å². The normalized spacial score (nSPS) is 11.9. The first kappa shape index (κ1) is 32.2. The number of unbranched alkanes of at least 4 members (excludes halogenated alkanes) is 3. The third kappa shape index (κ3) is 9.35. The Kier molecular flexibility index (Phi) is 13.0. The molecule has 1 heterocycles. The molecule has 220 valence electrons. The van der Waals surface area contributed by atoms with Crippen LogP contribution < -0.4 is 4.74 Å². The van der Waals surface area contributed by atoms with Crippen molar-refractivity contribution in [1.29, 1.82) is 0 Å². The van der Waals surface area contributed by atoms with Crippen LogP contribution in [0.1, 0.15) is 93.0 Å². The van der Waals surface area contributed by atoms with Crippen molar-refractivity contribution in [2.24, 2.45) is 0 Å². The summed E-state index contributed by atoms with van der Waals surface area (Å²) in [6, 6.07) is 12.5. The van der Waals surface area contributed by atoms with E-state index in [-0.39, 0.29) is 11.5 Å². The maximum atomic E-state index is 13.7. The summed E-state index contributed by atoms with van der Waals surface area (Å²) in [6.45, 7) is 10.5. The lowest BCUT2D eigenvalue weighted by molar-refractivity contribution is 0.103. The number of hydrogen-bond acceptors (Lipinski definition) is 6. The molecule has 0 saturated heterocycles. The maximum absolute atomic E-state index is 13.7. The van der Waals surface area contributed by atoms with E-state index in [0.717, 1.165) is 44.6 Å². The smallest absolute Gasteiger partial charge is 0.197 e. The molecule has 3 rings (SSSR count). The van der Waals surface area contributed by atoms with E-state index in [0.29, 0.717) is 46.4 Å². The molecule has 1 aromatic heterocycles. The first-order chi connectivity index (χ1) is 19.3. The van der Waals surface area contributed by atoms with Gasteiger partial charge in [0.1, 0.15) is 22.3 Å². The summed E-state index contributed by atoms with van der Waals surface area (Å²) in [4.78, 5) is 16.3. The molecule has 0 aliphatic rings. The topological polar surface area (TPSA) is 76.8 Å². The number of benzene rings is 2. The molecule has 0 amide bonds. The number of furan rings is 1. The second-order valence-electron chi connectivity index (χ2n) is 10.4. The van der Waals surface area contributed by atoms with Crippen molar-refractivity contribution in [1.82, 2.24) is 4.90 Å². The van der Waals surface area contributed by atoms with Crippen LogP contribution >= 0.6 is 11.6 Å². The molecule has 0 atom stereocenters. The van der Waals surface area contributed by atoms with E-state index in [1.54, 1.807) is 30.3 Å². The summed E-state index contributed by atoms with van der Waals surface area (Å²) >= 11 is 5.61. The van der Waals surface area contributed by atoms with Gasteiger partial charge in [-0.05, 0) is 80.7 Å². The van der Waals surface area contributed by atoms with Crippen LogP contribution in [0, 0.1) is 0 Å². The highest BCUT2D eigenvalue weighted by Crippen LogP contribution is 2.31. The van der Waals surface area contributed by atoms with E-state index in [4.69, 9.17) is 20.8 Å². The Morgan fingerprint density at radius 1 is 0.900 bits per heavy atom. The minimum absolute atomic E-state index is 0.142. The minimum Gasteiger partial charge on any atom is -0.494 e. The Morgan fingerprint density at radius 2 is 1.55 bits per heavy atom. The highest BCUT2D eigenvalue weighted by Gasteiger charge is 2.23. The van der Waals surface area contributed by atoms with Crippen molar-refractivity contribution in [2.45, 2.75) is 77.9 Å². The zero-order valence-corrected chi connectivity index (χ0v) is 25.8. The molecule has 0 saturated carbocycles. The van der Waals surface area contributed by atoms with Gasteiger partial charge in [-0.3, -0.25) is 4.79 Å². The molecular formula is C32H44ClNO5S. The average molecular weight is 590 g/mol. The highest BCUT2D eigenvalue weighted by atomic mass is 35.5. The number of halogens is 1. The minimum atomic E-state index is -3.43. The molecule has 6 nitrogen and oxygen atoms in total. The molecule has 0 aliphatic heterocycles. The van der Waals surface area contributed by atoms with Crippen LogP contribution in [0.15, 0.2) is 46.9 Å². The summed E-state index contributed by atoms with van der Waals surface area (Å²) in [6.07, 6.45) is 8.29. The molecule has 8 heteroatoms. The third-order valence-electron chi connectivity index (χ3n) is 7.02. The SMILES string of the molecule is CCCCc1oc2ccc(CS(=O)(=O)CCl)cc2c1C(=O)c1ccc(OCCCN(CCCC)CCCC)cc1. The van der Waals surface area contributed by atoms with Crippen LogP contribution in [0.25, 0.3) is 11.0 Å². The van der Waals surface area contributed by atoms with Gasteiger partial charge >= 0.3 is 0 Å². The number of aryl methyl sites for hydroxylation is 1. The first-order valence-electron chi connectivity index (χ1n) is 14.6. The van der Waals surface area contributed by atoms with Gasteiger partial charge < -0.3 is 14.1 Å². The van der Waals surface area contributed by atoms with Crippen molar-refractivity contribution in [3.63, 3.8) is 0 Å². The number of carbonyl (C=O) groups is 1. The molecule has 2 aromatic carbocycles. The fourth-order valence-electron chi connectivity index (χ4n) is 4.76. The number of fused-ring (bicyclic) bond motifs is 1. The van der Waals surface area contributed by atoms with Gasteiger partial charge in [0.05, 0.1) is 17.9 Å². The Balaban J connectivity index is 1.73. The number of sulfone groups is 1. The maximum Gasteiger partial charge on any atom is 0.197 e. The third-order valence-corrected chi connectivity index (χ3v) is 9.13. The van der Waals surface area contributed by atoms with Gasteiger partial charge in [0.2, 0.25) is 0 Å². The standard InChI is InChI=1S/C32H44ClNO5S/c1-4-7-11-30-31(28-22-25(12-17-29(28)39-30)23-40(36,37)24-33)32(35)26-13-15-27(16-14-26)38-21-10-20-34(18-8-5-2)19-9-6-3/h12-17,22H,4-11,18-21,23-24H2,1-3H3. The van der Waals surface area contributed by atoms with E-state index in [1.807, 2.05) is 12.1 Å². The second kappa shape index (κ2) is 16.2. The zero-order valence-electron chi connectivity index (χ0n) is 24.2. The number of ether oxygens (including phenoxy) is 1. The molecular weight excluding hydrogens is 546 g/mol. The Morgan fingerprint density at radius 3 is 2.17 bits per heavy atom. The predicted molar refractivity (Wildman–Crippen MR) is 164 cm³/mol. The van der Waals surface area contributed by atoms with Crippen molar-refractivity contribution in [3.8, 4) is 5.75 Å². The van der Waals surface area contributed by atoms with Crippen LogP contribution in [-0.2, 0) is 22.0 Å². The molecule has 0 N–H and O–H groups in total. The van der Waals surface area contributed by atoms with E-state index < -0.39 is 15.0 Å². The molecule has 0 fully saturated rings. The van der Waals surface area contributed by atoms with Gasteiger partial charge in [0, 0.05) is 23.9 Å². The monoisotopic (exact) mass is 589 g/mol. The molecule has 0 radical (unpaired) electrons. The lowest BCUT2D eigenvalue weighted by Gasteiger charge is -2.21. The molecule has 0 aliphatic carbocycles. The molecule has 0 bridgehead atoms. The molecule has 3 aromatic rings. The first-order valence-corrected chi connectivity index (χ1v) is 17.0. The van der Waals surface area contributed by atoms with E-state index >= 15 is 0 Å². The van der Waals surface area contributed by atoms with E-state index in [9.17, 15) is 13.2 Å². The van der Waals surface area contributed by atoms with Gasteiger partial charge in [-0.25, -0.2) is 8.42 Å². The van der Waals surface area contributed by atoms with Gasteiger partial charge in [-0.1, -0.05) is 46.1 Å². The number of carbonyl (C=O) groups excluding carboxylic acids is 1. The van der Waals surface area contributed by atoms with Gasteiger partial charge in [0.25, 0.3) is 0 Å². The lowest BCUT2D eigenvalue weighted by atomic mass is 9.97. The second-order valence-corrected chi connectivity index (χ2v) is 13.1. The van der Waals surface area contributed by atoms with Gasteiger partial charge in [-0.2, -0.15) is 0 Å². The van der Waals surface area contributed by atoms with Crippen molar-refractivity contribution in [2.75, 3.05) is 31.5 Å². The highest BCUT2D eigenvalue weighted by molar-refractivity contribution is 7.91. The number of hydrogen-bond donors (Lipinski definition) is 0. The predicted octanol–water partition coefficient (Wildman–Crippen LogP) is 7.79. The Labute approximate surface area is 244 Å². The number of alkyl halides is 1. The lowest BCUT2D eigenvalue weighted by Crippen LogP contribution is -2.28. The van der Waals surface area contributed by atoms with Gasteiger partial charge in [-0.15, -0.1) is 11.6 Å². The number of ketones is 1. The van der Waals surface area contributed by atoms with Crippen LogP contribution in [0.3, 0.4) is 0 Å². The van der Waals surface area contributed by atoms with E-state index in [2.05, 4.69) is 25.7 Å². The summed E-state index contributed by atoms with van der Waals surface area (Å²) in [5, 5.41) is 0.184. The largest absolute Gasteiger partial charge is 0.494 e. The fourth-order valence-corrected chi connectivity index (χ4v) is 5.76. The Hall–Kier alpha value is -2.35. The van der Waals surface area contributed by atoms with E-state index in [1.165, 1.54) is 25.7 Å².